The van der Waals surface area contributed by atoms with Crippen LogP contribution in [-0.2, 0) is 14.3 Å². The number of carbonyl (C=O) groups is 3. The van der Waals surface area contributed by atoms with Crippen LogP contribution in [0.5, 0.6) is 0 Å². The Morgan fingerprint density at radius 2 is 1.56 bits per heavy atom. The maximum absolute atomic E-state index is 12.6. The molecule has 0 atom stereocenters. The number of carboxylic acids is 1. The summed E-state index contributed by atoms with van der Waals surface area (Å²) in [7, 11) is 0. The van der Waals surface area contributed by atoms with Crippen molar-refractivity contribution in [3.63, 3.8) is 0 Å². The van der Waals surface area contributed by atoms with Gasteiger partial charge in [0.2, 0.25) is 5.91 Å². The van der Waals surface area contributed by atoms with Gasteiger partial charge in [-0.25, -0.2) is 4.79 Å². The summed E-state index contributed by atoms with van der Waals surface area (Å²) in [5.41, 5.74) is 4.76. The van der Waals surface area contributed by atoms with Gasteiger partial charge in [-0.3, -0.25) is 9.59 Å². The summed E-state index contributed by atoms with van der Waals surface area (Å²) in [6, 6.07) is 16.5. The third-order valence-electron chi connectivity index (χ3n) is 7.09. The molecule has 0 saturated heterocycles. The lowest BCUT2D eigenvalue weighted by atomic mass is 9.81. The lowest BCUT2D eigenvalue weighted by Crippen LogP contribution is -2.41. The Bertz CT molecular complexity index is 999. The van der Waals surface area contributed by atoms with Crippen molar-refractivity contribution in [2.75, 3.05) is 26.2 Å². The molecule has 2 N–H and O–H groups in total. The highest BCUT2D eigenvalue weighted by atomic mass is 16.5. The van der Waals surface area contributed by atoms with Gasteiger partial charge in [0.05, 0.1) is 0 Å². The highest BCUT2D eigenvalue weighted by Crippen LogP contribution is 2.44. The van der Waals surface area contributed by atoms with Crippen molar-refractivity contribution in [1.29, 1.82) is 0 Å². The van der Waals surface area contributed by atoms with Crippen LogP contribution in [0.4, 0.5) is 4.79 Å². The monoisotopic (exact) mass is 464 g/mol. The number of likely N-dealkylation sites (N-methyl/N-ethyl adjacent to an activating group) is 1. The Morgan fingerprint density at radius 3 is 2.12 bits per heavy atom. The fourth-order valence-electron chi connectivity index (χ4n) is 5.26. The summed E-state index contributed by atoms with van der Waals surface area (Å²) in [6.45, 7) is 2.75. The number of benzene rings is 2. The Hall–Kier alpha value is -3.35. The van der Waals surface area contributed by atoms with Crippen LogP contribution >= 0.6 is 0 Å². The number of rotatable bonds is 8. The number of nitrogens with zero attached hydrogens (tertiary/aromatic N) is 1. The number of carboxylic acid groups (broad SMARTS) is 1. The summed E-state index contributed by atoms with van der Waals surface area (Å²) in [4.78, 5) is 37.4. The molecule has 0 spiro atoms. The van der Waals surface area contributed by atoms with Gasteiger partial charge in [0.25, 0.3) is 0 Å². The van der Waals surface area contributed by atoms with Crippen LogP contribution in [-0.4, -0.2) is 54.2 Å². The van der Waals surface area contributed by atoms with E-state index in [9.17, 15) is 14.4 Å². The zero-order chi connectivity index (χ0) is 24.1. The molecular formula is C27H32N2O5. The molecule has 0 radical (unpaired) electrons. The van der Waals surface area contributed by atoms with E-state index in [4.69, 9.17) is 9.84 Å². The highest BCUT2D eigenvalue weighted by molar-refractivity contribution is 5.83. The Balaban J connectivity index is 1.23. The first kappa shape index (κ1) is 23.8. The molecule has 2 aliphatic carbocycles. The summed E-state index contributed by atoms with van der Waals surface area (Å²) in [5.74, 6) is -0.875. The van der Waals surface area contributed by atoms with E-state index < -0.39 is 12.1 Å². The number of aliphatic carboxylic acids is 1. The van der Waals surface area contributed by atoms with E-state index >= 15 is 0 Å². The minimum atomic E-state index is -0.990. The quantitative estimate of drug-likeness (QED) is 0.608. The van der Waals surface area contributed by atoms with E-state index in [0.717, 1.165) is 12.8 Å². The zero-order valence-corrected chi connectivity index (χ0v) is 19.5. The van der Waals surface area contributed by atoms with Crippen LogP contribution in [0.25, 0.3) is 11.1 Å². The number of carbonyl (C=O) groups excluding carboxylic acids is 2. The van der Waals surface area contributed by atoms with Crippen LogP contribution < -0.4 is 5.32 Å². The lowest BCUT2D eigenvalue weighted by molar-refractivity contribution is -0.146. The molecule has 2 amide bonds. The molecule has 0 bridgehead atoms. The first-order valence-electron chi connectivity index (χ1n) is 12.1. The molecule has 0 unspecified atom stereocenters. The fraction of sp³-hybridized carbons (Fsp3) is 0.444. The predicted octanol–water partition coefficient (Wildman–Crippen LogP) is 4.26. The van der Waals surface area contributed by atoms with E-state index in [2.05, 4.69) is 29.6 Å². The lowest BCUT2D eigenvalue weighted by Gasteiger charge is -2.31. The standard InChI is InChI=1S/C27H32N2O5/c1-2-29(16-25(30)31)26(32)19-13-11-18(12-14-19)15-28-27(33)34-17-24-22-9-5-3-7-20(22)21-8-4-6-10-23(21)24/h3-10,18-19,24H,2,11-17H2,1H3,(H,28,33)(H,30,31). The number of fused-ring (bicyclic) bond motifs is 3. The van der Waals surface area contributed by atoms with Gasteiger partial charge in [-0.15, -0.1) is 0 Å². The molecule has 1 fully saturated rings. The minimum absolute atomic E-state index is 0.0342. The average molecular weight is 465 g/mol. The molecule has 7 heteroatoms. The minimum Gasteiger partial charge on any atom is -0.480 e. The number of alkyl carbamates (subject to hydrolysis) is 1. The maximum atomic E-state index is 12.6. The van der Waals surface area contributed by atoms with Crippen LogP contribution in [0, 0.1) is 11.8 Å². The average Bonchev–Trinajstić information content (AvgIpc) is 3.18. The van der Waals surface area contributed by atoms with Gasteiger partial charge in [0.15, 0.2) is 0 Å². The second-order valence-electron chi connectivity index (χ2n) is 9.17. The summed E-state index contributed by atoms with van der Waals surface area (Å²) in [6.07, 6.45) is 2.66. The number of amides is 2. The molecule has 1 saturated carbocycles. The normalized spacial score (nSPS) is 19.1. The number of ether oxygens (including phenoxy) is 1. The Labute approximate surface area is 200 Å². The molecular weight excluding hydrogens is 432 g/mol. The molecule has 2 aromatic carbocycles. The second-order valence-corrected chi connectivity index (χ2v) is 9.17. The Morgan fingerprint density at radius 1 is 0.971 bits per heavy atom. The van der Waals surface area contributed by atoms with E-state index in [0.29, 0.717) is 31.8 Å². The summed E-state index contributed by atoms with van der Waals surface area (Å²) >= 11 is 0. The van der Waals surface area contributed by atoms with Gasteiger partial charge in [0, 0.05) is 24.9 Å². The molecule has 0 heterocycles. The summed E-state index contributed by atoms with van der Waals surface area (Å²) < 4.78 is 5.61. The zero-order valence-electron chi connectivity index (χ0n) is 19.5. The highest BCUT2D eigenvalue weighted by Gasteiger charge is 2.31. The van der Waals surface area contributed by atoms with Crippen molar-refractivity contribution in [1.82, 2.24) is 10.2 Å². The third kappa shape index (κ3) is 5.24. The van der Waals surface area contributed by atoms with Crippen LogP contribution in [0.3, 0.4) is 0 Å². The summed E-state index contributed by atoms with van der Waals surface area (Å²) in [5, 5.41) is 11.9. The van der Waals surface area contributed by atoms with Gasteiger partial charge < -0.3 is 20.1 Å². The van der Waals surface area contributed by atoms with E-state index in [1.165, 1.54) is 27.2 Å². The number of hydrogen-bond donors (Lipinski definition) is 2. The Kier molecular flexibility index (Phi) is 7.50. The van der Waals surface area contributed by atoms with Gasteiger partial charge >= 0.3 is 12.1 Å². The van der Waals surface area contributed by atoms with Crippen molar-refractivity contribution in [2.24, 2.45) is 11.8 Å². The number of hydrogen-bond acceptors (Lipinski definition) is 4. The molecule has 2 aliphatic rings. The van der Waals surface area contributed by atoms with Crippen molar-refractivity contribution >= 4 is 18.0 Å². The van der Waals surface area contributed by atoms with E-state index in [-0.39, 0.29) is 30.9 Å². The molecule has 7 nitrogen and oxygen atoms in total. The van der Waals surface area contributed by atoms with Gasteiger partial charge in [-0.1, -0.05) is 48.5 Å². The van der Waals surface area contributed by atoms with Gasteiger partial charge in [-0.05, 0) is 60.8 Å². The van der Waals surface area contributed by atoms with Crippen molar-refractivity contribution < 1.29 is 24.2 Å². The first-order valence-corrected chi connectivity index (χ1v) is 12.1. The topological polar surface area (TPSA) is 95.9 Å². The predicted molar refractivity (Wildman–Crippen MR) is 128 cm³/mol. The van der Waals surface area contributed by atoms with Crippen LogP contribution in [0.15, 0.2) is 48.5 Å². The van der Waals surface area contributed by atoms with Crippen molar-refractivity contribution in [3.05, 3.63) is 59.7 Å². The smallest absolute Gasteiger partial charge is 0.407 e. The number of nitrogens with one attached hydrogen (secondary N) is 1. The second kappa shape index (κ2) is 10.7. The molecule has 34 heavy (non-hydrogen) atoms. The van der Waals surface area contributed by atoms with E-state index in [1.54, 1.807) is 6.92 Å². The third-order valence-corrected chi connectivity index (χ3v) is 7.09. The molecule has 180 valence electrons. The van der Waals surface area contributed by atoms with Gasteiger partial charge in [-0.2, -0.15) is 0 Å². The van der Waals surface area contributed by atoms with Crippen LogP contribution in [0.2, 0.25) is 0 Å². The maximum Gasteiger partial charge on any atom is 0.407 e. The molecule has 0 aromatic heterocycles. The molecule has 4 rings (SSSR count). The fourth-order valence-corrected chi connectivity index (χ4v) is 5.26. The molecule has 2 aromatic rings. The largest absolute Gasteiger partial charge is 0.480 e. The van der Waals surface area contributed by atoms with E-state index in [1.807, 2.05) is 24.3 Å². The first-order chi connectivity index (χ1) is 16.5. The van der Waals surface area contributed by atoms with Crippen molar-refractivity contribution in [3.8, 4) is 11.1 Å². The SMILES string of the molecule is CCN(CC(=O)O)C(=O)C1CCC(CNC(=O)OCC2c3ccccc3-c3ccccc32)CC1. The molecule has 0 aliphatic heterocycles. The van der Waals surface area contributed by atoms with Crippen LogP contribution in [0.1, 0.15) is 49.7 Å². The van der Waals surface area contributed by atoms with Crippen molar-refractivity contribution in [2.45, 2.75) is 38.5 Å². The van der Waals surface area contributed by atoms with Gasteiger partial charge in [0.1, 0.15) is 13.2 Å².